The molecule has 3 unspecified atom stereocenters. The number of carbonyl (C=O) groups is 2. The predicted molar refractivity (Wildman–Crippen MR) is 87.1 cm³/mol. The van der Waals surface area contributed by atoms with Crippen LogP contribution in [0.25, 0.3) is 0 Å². The van der Waals surface area contributed by atoms with Gasteiger partial charge in [0.2, 0.25) is 0 Å². The molecule has 1 saturated heterocycles. The highest BCUT2D eigenvalue weighted by atomic mass is 35.5. The van der Waals surface area contributed by atoms with Crippen molar-refractivity contribution in [3.8, 4) is 0 Å². The van der Waals surface area contributed by atoms with Gasteiger partial charge in [-0.25, -0.2) is 0 Å². The van der Waals surface area contributed by atoms with Crippen molar-refractivity contribution in [3.05, 3.63) is 34.9 Å². The van der Waals surface area contributed by atoms with Crippen molar-refractivity contribution < 1.29 is 19.1 Å². The van der Waals surface area contributed by atoms with E-state index in [1.165, 1.54) is 7.11 Å². The molecule has 1 N–H and O–H groups in total. The van der Waals surface area contributed by atoms with Crippen molar-refractivity contribution in [2.24, 2.45) is 5.92 Å². The van der Waals surface area contributed by atoms with Crippen LogP contribution in [0.2, 0.25) is 5.02 Å². The van der Waals surface area contributed by atoms with Crippen molar-refractivity contribution >= 4 is 23.5 Å². The number of rotatable bonds is 3. The minimum Gasteiger partial charge on any atom is -0.468 e. The Morgan fingerprint density at radius 1 is 1.17 bits per heavy atom. The summed E-state index contributed by atoms with van der Waals surface area (Å²) in [6, 6.07) is 6.37. The first-order chi connectivity index (χ1) is 10.7. The molecule has 0 radical (unpaired) electrons. The van der Waals surface area contributed by atoms with Gasteiger partial charge in [0, 0.05) is 11.1 Å². The minimum atomic E-state index is -0.578. The van der Waals surface area contributed by atoms with E-state index in [2.05, 4.69) is 5.32 Å². The Labute approximate surface area is 141 Å². The van der Waals surface area contributed by atoms with Gasteiger partial charge in [-0.2, -0.15) is 0 Å². The van der Waals surface area contributed by atoms with Gasteiger partial charge in [0.05, 0.1) is 13.0 Å². The zero-order valence-corrected chi connectivity index (χ0v) is 14.5. The zero-order valence-electron chi connectivity index (χ0n) is 13.8. The first-order valence-corrected chi connectivity index (χ1v) is 7.91. The van der Waals surface area contributed by atoms with E-state index in [9.17, 15) is 9.59 Å². The number of esters is 2. The molecule has 1 heterocycles. The van der Waals surface area contributed by atoms with Gasteiger partial charge in [-0.05, 0) is 44.9 Å². The number of ether oxygens (including phenoxy) is 2. The SMILES string of the molecule is COC(=O)C1CC(C(=O)OC(C)(C)C)C(c2ccc(Cl)cc2)N1. The third kappa shape index (κ3) is 4.45. The Morgan fingerprint density at radius 3 is 2.30 bits per heavy atom. The summed E-state index contributed by atoms with van der Waals surface area (Å²) in [7, 11) is 1.34. The van der Waals surface area contributed by atoms with Gasteiger partial charge in [-0.1, -0.05) is 23.7 Å². The van der Waals surface area contributed by atoms with Crippen molar-refractivity contribution in [2.45, 2.75) is 44.9 Å². The van der Waals surface area contributed by atoms with Crippen LogP contribution >= 0.6 is 11.6 Å². The van der Waals surface area contributed by atoms with Crippen LogP contribution in [0.4, 0.5) is 0 Å². The van der Waals surface area contributed by atoms with Crippen LogP contribution in [0.5, 0.6) is 0 Å². The Hall–Kier alpha value is -1.59. The van der Waals surface area contributed by atoms with E-state index in [0.29, 0.717) is 11.4 Å². The summed E-state index contributed by atoms with van der Waals surface area (Å²) in [6.45, 7) is 5.47. The molecule has 1 aromatic rings. The van der Waals surface area contributed by atoms with E-state index in [4.69, 9.17) is 21.1 Å². The number of hydrogen-bond acceptors (Lipinski definition) is 5. The molecule has 6 heteroatoms. The number of hydrogen-bond donors (Lipinski definition) is 1. The molecule has 0 aliphatic carbocycles. The lowest BCUT2D eigenvalue weighted by atomic mass is 9.93. The molecular weight excluding hydrogens is 318 g/mol. The van der Waals surface area contributed by atoms with Crippen LogP contribution < -0.4 is 5.32 Å². The van der Waals surface area contributed by atoms with Gasteiger partial charge in [0.25, 0.3) is 0 Å². The van der Waals surface area contributed by atoms with E-state index in [-0.39, 0.29) is 18.0 Å². The van der Waals surface area contributed by atoms with Crippen molar-refractivity contribution in [2.75, 3.05) is 7.11 Å². The molecule has 3 atom stereocenters. The lowest BCUT2D eigenvalue weighted by Crippen LogP contribution is -2.33. The fraction of sp³-hybridized carbons (Fsp3) is 0.529. The van der Waals surface area contributed by atoms with Crippen molar-refractivity contribution in [1.82, 2.24) is 5.32 Å². The summed E-state index contributed by atoms with van der Waals surface area (Å²) in [5, 5.41) is 3.79. The molecule has 1 aliphatic heterocycles. The molecular formula is C17H22ClNO4. The maximum Gasteiger partial charge on any atom is 0.322 e. The van der Waals surface area contributed by atoms with Crippen LogP contribution in [-0.2, 0) is 19.1 Å². The van der Waals surface area contributed by atoms with E-state index in [0.717, 1.165) is 5.56 Å². The highest BCUT2D eigenvalue weighted by molar-refractivity contribution is 6.30. The Kier molecular flexibility index (Phi) is 5.32. The molecule has 0 spiro atoms. The second kappa shape index (κ2) is 6.89. The lowest BCUT2D eigenvalue weighted by molar-refractivity contribution is -0.160. The molecule has 0 bridgehead atoms. The molecule has 2 rings (SSSR count). The maximum absolute atomic E-state index is 12.5. The average molecular weight is 340 g/mol. The Morgan fingerprint density at radius 2 is 1.78 bits per heavy atom. The summed E-state index contributed by atoms with van der Waals surface area (Å²) in [5.74, 6) is -1.16. The molecule has 23 heavy (non-hydrogen) atoms. The predicted octanol–water partition coefficient (Wildman–Crippen LogP) is 2.87. The fourth-order valence-corrected chi connectivity index (χ4v) is 2.83. The van der Waals surface area contributed by atoms with Crippen molar-refractivity contribution in [1.29, 1.82) is 0 Å². The average Bonchev–Trinajstić information content (AvgIpc) is 2.90. The molecule has 0 aromatic heterocycles. The smallest absolute Gasteiger partial charge is 0.322 e. The third-order valence-corrected chi connectivity index (χ3v) is 3.95. The quantitative estimate of drug-likeness (QED) is 0.858. The molecule has 0 saturated carbocycles. The van der Waals surface area contributed by atoms with E-state index in [1.54, 1.807) is 12.1 Å². The van der Waals surface area contributed by atoms with Gasteiger partial charge < -0.3 is 9.47 Å². The summed E-state index contributed by atoms with van der Waals surface area (Å²) in [5.41, 5.74) is 0.307. The Bertz CT molecular complexity index is 579. The number of methoxy groups -OCH3 is 1. The molecule has 126 valence electrons. The monoisotopic (exact) mass is 339 g/mol. The van der Waals surface area contributed by atoms with Gasteiger partial charge in [0.1, 0.15) is 11.6 Å². The summed E-state index contributed by atoms with van der Waals surface area (Å²) in [6.07, 6.45) is 0.342. The second-order valence-corrected chi connectivity index (χ2v) is 7.08. The first kappa shape index (κ1) is 17.8. The summed E-state index contributed by atoms with van der Waals surface area (Å²) < 4.78 is 10.3. The Balaban J connectivity index is 2.25. The molecule has 1 aromatic carbocycles. The standard InChI is InChI=1S/C17H22ClNO4/c1-17(2,3)23-15(20)12-9-13(16(21)22-4)19-14(12)10-5-7-11(18)8-6-10/h5-8,12-14,19H,9H2,1-4H3. The van der Waals surface area contributed by atoms with Gasteiger partial charge in [0.15, 0.2) is 0 Å². The first-order valence-electron chi connectivity index (χ1n) is 7.53. The number of nitrogens with one attached hydrogen (secondary N) is 1. The molecule has 5 nitrogen and oxygen atoms in total. The van der Waals surface area contributed by atoms with E-state index < -0.39 is 17.6 Å². The maximum atomic E-state index is 12.5. The minimum absolute atomic E-state index is 0.314. The topological polar surface area (TPSA) is 64.6 Å². The van der Waals surface area contributed by atoms with Gasteiger partial charge in [-0.3, -0.25) is 14.9 Å². The highest BCUT2D eigenvalue weighted by Crippen LogP contribution is 2.35. The summed E-state index contributed by atoms with van der Waals surface area (Å²) >= 11 is 5.92. The van der Waals surface area contributed by atoms with Crippen LogP contribution in [0.3, 0.4) is 0 Å². The van der Waals surface area contributed by atoms with Crippen molar-refractivity contribution in [3.63, 3.8) is 0 Å². The van der Waals surface area contributed by atoms with Gasteiger partial charge in [-0.15, -0.1) is 0 Å². The number of carbonyl (C=O) groups excluding carboxylic acids is 2. The molecule has 1 fully saturated rings. The fourth-order valence-electron chi connectivity index (χ4n) is 2.71. The van der Waals surface area contributed by atoms with Crippen LogP contribution in [0.15, 0.2) is 24.3 Å². The van der Waals surface area contributed by atoms with Gasteiger partial charge >= 0.3 is 11.9 Å². The lowest BCUT2D eigenvalue weighted by Gasteiger charge is -2.25. The third-order valence-electron chi connectivity index (χ3n) is 3.70. The molecule has 1 aliphatic rings. The normalized spacial score (nSPS) is 24.3. The molecule has 0 amide bonds. The van der Waals surface area contributed by atoms with Crippen LogP contribution in [0, 0.1) is 5.92 Å². The van der Waals surface area contributed by atoms with E-state index >= 15 is 0 Å². The van der Waals surface area contributed by atoms with E-state index in [1.807, 2.05) is 32.9 Å². The number of halogens is 1. The zero-order chi connectivity index (χ0) is 17.2. The highest BCUT2D eigenvalue weighted by Gasteiger charge is 2.44. The second-order valence-electron chi connectivity index (χ2n) is 6.65. The number of benzene rings is 1. The summed E-state index contributed by atoms with van der Waals surface area (Å²) in [4.78, 5) is 24.4. The largest absolute Gasteiger partial charge is 0.468 e. The van der Waals surface area contributed by atoms with Crippen LogP contribution in [-0.4, -0.2) is 30.7 Å². The van der Waals surface area contributed by atoms with Crippen LogP contribution in [0.1, 0.15) is 38.8 Å².